The van der Waals surface area contributed by atoms with Gasteiger partial charge in [0, 0.05) is 81.8 Å². The van der Waals surface area contributed by atoms with Gasteiger partial charge in [-0.15, -0.1) is 24.0 Å². The minimum absolute atomic E-state index is 0. The number of piperazine rings is 1. The van der Waals surface area contributed by atoms with Gasteiger partial charge in [0.2, 0.25) is 0 Å². The molecule has 2 fully saturated rings. The van der Waals surface area contributed by atoms with E-state index in [9.17, 15) is 0 Å². The van der Waals surface area contributed by atoms with Gasteiger partial charge in [-0.3, -0.25) is 9.89 Å². The van der Waals surface area contributed by atoms with Gasteiger partial charge >= 0.3 is 0 Å². The van der Waals surface area contributed by atoms with Crippen LogP contribution < -0.4 is 25.0 Å². The van der Waals surface area contributed by atoms with Crippen LogP contribution in [0.25, 0.3) is 0 Å². The number of likely N-dealkylation sites (N-methyl/N-ethyl adjacent to an activating group) is 1. The van der Waals surface area contributed by atoms with Crippen molar-refractivity contribution in [3.05, 3.63) is 18.2 Å². The Kier molecular flexibility index (Phi) is 11.8. The van der Waals surface area contributed by atoms with Gasteiger partial charge in [-0.25, -0.2) is 0 Å². The number of piperidine rings is 1. The van der Waals surface area contributed by atoms with E-state index in [1.165, 1.54) is 0 Å². The van der Waals surface area contributed by atoms with E-state index in [0.717, 1.165) is 88.3 Å². The number of hydrogen-bond acceptors (Lipinski definition) is 6. The first-order valence-electron chi connectivity index (χ1n) is 12.0. The van der Waals surface area contributed by atoms with Gasteiger partial charge < -0.3 is 29.9 Å². The van der Waals surface area contributed by atoms with Crippen molar-refractivity contribution in [1.82, 2.24) is 20.4 Å². The second-order valence-corrected chi connectivity index (χ2v) is 8.88. The van der Waals surface area contributed by atoms with Gasteiger partial charge in [0.05, 0.1) is 20.8 Å². The number of aliphatic imine (C=N–C) groups is 1. The Morgan fingerprint density at radius 1 is 1.03 bits per heavy atom. The molecule has 2 saturated heterocycles. The number of guanidine groups is 1. The lowest BCUT2D eigenvalue weighted by Crippen LogP contribution is -2.50. The Morgan fingerprint density at radius 3 is 2.18 bits per heavy atom. The fourth-order valence-electron chi connectivity index (χ4n) is 4.37. The molecule has 1 aromatic carbocycles. The molecule has 188 valence electrons. The molecule has 0 amide bonds. The van der Waals surface area contributed by atoms with Gasteiger partial charge in [-0.05, 0) is 33.7 Å². The molecule has 2 heterocycles. The second-order valence-electron chi connectivity index (χ2n) is 8.88. The first-order chi connectivity index (χ1) is 15.5. The molecule has 0 spiro atoms. The zero-order chi connectivity index (χ0) is 22.9. The molecular formula is C24H43IN6O2. The molecule has 0 aromatic heterocycles. The zero-order valence-electron chi connectivity index (χ0n) is 21.0. The summed E-state index contributed by atoms with van der Waals surface area (Å²) in [5.41, 5.74) is 1.15. The number of anilines is 1. The van der Waals surface area contributed by atoms with Crippen LogP contribution in [-0.4, -0.2) is 101 Å². The highest BCUT2D eigenvalue weighted by molar-refractivity contribution is 14.0. The van der Waals surface area contributed by atoms with E-state index in [0.29, 0.717) is 12.1 Å². The SMILES string of the molecule is CCNC(=NCC(C)N1CCN(C)CC1)NC1CCN(c2cc(OC)cc(OC)c2)CC1.I. The summed E-state index contributed by atoms with van der Waals surface area (Å²) in [7, 11) is 5.59. The summed E-state index contributed by atoms with van der Waals surface area (Å²) in [5, 5.41) is 7.11. The van der Waals surface area contributed by atoms with Crippen LogP contribution in [0.1, 0.15) is 26.7 Å². The third-order valence-electron chi connectivity index (χ3n) is 6.56. The van der Waals surface area contributed by atoms with Crippen LogP contribution in [0, 0.1) is 0 Å². The summed E-state index contributed by atoms with van der Waals surface area (Å²) in [6.07, 6.45) is 2.13. The van der Waals surface area contributed by atoms with Crippen molar-refractivity contribution < 1.29 is 9.47 Å². The Balaban J connectivity index is 0.00000385. The van der Waals surface area contributed by atoms with Gasteiger partial charge in [0.15, 0.2) is 5.96 Å². The molecule has 3 rings (SSSR count). The van der Waals surface area contributed by atoms with E-state index in [1.54, 1.807) is 14.2 Å². The van der Waals surface area contributed by atoms with Crippen molar-refractivity contribution >= 4 is 35.6 Å². The van der Waals surface area contributed by atoms with Crippen LogP contribution in [-0.2, 0) is 0 Å². The Morgan fingerprint density at radius 2 is 1.64 bits per heavy atom. The first kappa shape index (κ1) is 27.8. The van der Waals surface area contributed by atoms with E-state index in [4.69, 9.17) is 14.5 Å². The Labute approximate surface area is 217 Å². The van der Waals surface area contributed by atoms with Crippen molar-refractivity contribution in [3.8, 4) is 11.5 Å². The van der Waals surface area contributed by atoms with Crippen LogP contribution in [0.3, 0.4) is 0 Å². The van der Waals surface area contributed by atoms with Crippen LogP contribution in [0.5, 0.6) is 11.5 Å². The number of nitrogens with zero attached hydrogens (tertiary/aromatic N) is 4. The molecule has 8 nitrogen and oxygen atoms in total. The van der Waals surface area contributed by atoms with E-state index in [1.807, 2.05) is 6.07 Å². The van der Waals surface area contributed by atoms with E-state index < -0.39 is 0 Å². The summed E-state index contributed by atoms with van der Waals surface area (Å²) >= 11 is 0. The third kappa shape index (κ3) is 8.36. The standard InChI is InChI=1S/C24H42N6O2.HI/c1-6-25-24(26-18-19(2)29-13-11-28(3)12-14-29)27-20-7-9-30(10-8-20)21-15-22(31-4)17-23(16-21)32-5;/h15-17,19-20H,6-14,18H2,1-5H3,(H2,25,26,27);1H. The Bertz CT molecular complexity index is 711. The lowest BCUT2D eigenvalue weighted by atomic mass is 10.0. The predicted octanol–water partition coefficient (Wildman–Crippen LogP) is 2.48. The molecule has 0 radical (unpaired) electrons. The first-order valence-corrected chi connectivity index (χ1v) is 12.0. The number of ether oxygens (including phenoxy) is 2. The lowest BCUT2D eigenvalue weighted by molar-refractivity contribution is 0.122. The fraction of sp³-hybridized carbons (Fsp3) is 0.708. The van der Waals surface area contributed by atoms with Crippen molar-refractivity contribution in [2.75, 3.05) is 78.5 Å². The molecule has 9 heteroatoms. The zero-order valence-corrected chi connectivity index (χ0v) is 23.3. The highest BCUT2D eigenvalue weighted by atomic mass is 127. The fourth-order valence-corrected chi connectivity index (χ4v) is 4.37. The molecule has 1 atom stereocenters. The largest absolute Gasteiger partial charge is 0.497 e. The van der Waals surface area contributed by atoms with Gasteiger partial charge in [-0.1, -0.05) is 0 Å². The van der Waals surface area contributed by atoms with E-state index in [-0.39, 0.29) is 24.0 Å². The average Bonchev–Trinajstić information content (AvgIpc) is 2.83. The van der Waals surface area contributed by atoms with Crippen LogP contribution in [0.2, 0.25) is 0 Å². The molecule has 1 unspecified atom stereocenters. The van der Waals surface area contributed by atoms with E-state index in [2.05, 4.69) is 58.4 Å². The maximum atomic E-state index is 5.44. The highest BCUT2D eigenvalue weighted by Crippen LogP contribution is 2.30. The lowest BCUT2D eigenvalue weighted by Gasteiger charge is -2.36. The smallest absolute Gasteiger partial charge is 0.191 e. The van der Waals surface area contributed by atoms with E-state index >= 15 is 0 Å². The molecule has 2 aliphatic rings. The number of rotatable bonds is 8. The van der Waals surface area contributed by atoms with Crippen molar-refractivity contribution in [2.45, 2.75) is 38.8 Å². The Hall–Kier alpha value is -1.46. The summed E-state index contributed by atoms with van der Waals surface area (Å²) in [5.74, 6) is 2.60. The van der Waals surface area contributed by atoms with Gasteiger partial charge in [-0.2, -0.15) is 0 Å². The molecule has 1 aromatic rings. The number of methoxy groups -OCH3 is 2. The normalized spacial score (nSPS) is 19.5. The molecule has 33 heavy (non-hydrogen) atoms. The van der Waals surface area contributed by atoms with Gasteiger partial charge in [0.1, 0.15) is 11.5 Å². The predicted molar refractivity (Wildman–Crippen MR) is 148 cm³/mol. The number of benzene rings is 1. The molecule has 0 aliphatic carbocycles. The third-order valence-corrected chi connectivity index (χ3v) is 6.56. The highest BCUT2D eigenvalue weighted by Gasteiger charge is 2.22. The van der Waals surface area contributed by atoms with Crippen LogP contribution in [0.15, 0.2) is 23.2 Å². The average molecular weight is 575 g/mol. The number of halogens is 1. The van der Waals surface area contributed by atoms with Gasteiger partial charge in [0.25, 0.3) is 0 Å². The minimum atomic E-state index is 0. The summed E-state index contributed by atoms with van der Waals surface area (Å²) < 4.78 is 10.9. The molecular weight excluding hydrogens is 531 g/mol. The quantitative estimate of drug-likeness (QED) is 0.281. The molecule has 2 aliphatic heterocycles. The number of nitrogens with one attached hydrogen (secondary N) is 2. The minimum Gasteiger partial charge on any atom is -0.497 e. The number of hydrogen-bond donors (Lipinski definition) is 2. The maximum Gasteiger partial charge on any atom is 0.191 e. The monoisotopic (exact) mass is 574 g/mol. The summed E-state index contributed by atoms with van der Waals surface area (Å²) in [4.78, 5) is 12.3. The molecule has 0 bridgehead atoms. The molecule has 2 N–H and O–H groups in total. The van der Waals surface area contributed by atoms with Crippen molar-refractivity contribution in [3.63, 3.8) is 0 Å². The topological polar surface area (TPSA) is 64.6 Å². The van der Waals surface area contributed by atoms with Crippen molar-refractivity contribution in [2.24, 2.45) is 4.99 Å². The molecule has 0 saturated carbocycles. The summed E-state index contributed by atoms with van der Waals surface area (Å²) in [6.45, 7) is 12.6. The van der Waals surface area contributed by atoms with Crippen LogP contribution >= 0.6 is 24.0 Å². The summed E-state index contributed by atoms with van der Waals surface area (Å²) in [6, 6.07) is 6.97. The maximum absolute atomic E-state index is 5.44. The second kappa shape index (κ2) is 14.1. The van der Waals surface area contributed by atoms with Crippen LogP contribution in [0.4, 0.5) is 5.69 Å². The van der Waals surface area contributed by atoms with Crippen molar-refractivity contribution in [1.29, 1.82) is 0 Å².